The fraction of sp³-hybridized carbons (Fsp3) is 0.429. The molecule has 0 saturated heterocycles. The Morgan fingerprint density at radius 3 is 2.58 bits per heavy atom. The smallest absolute Gasteiger partial charge is 0.263 e. The van der Waals surface area contributed by atoms with Crippen LogP contribution in [0.1, 0.15) is 25.7 Å². The van der Waals surface area contributed by atoms with Crippen LogP contribution in [-0.2, 0) is 10.0 Å². The molecule has 19 heavy (non-hydrogen) atoms. The van der Waals surface area contributed by atoms with Crippen molar-refractivity contribution >= 4 is 26.0 Å². The second-order valence-corrected chi connectivity index (χ2v) is 7.30. The molecule has 1 heterocycles. The lowest BCUT2D eigenvalue weighted by Crippen LogP contribution is -2.23. The highest BCUT2D eigenvalue weighted by atomic mass is 79.9. The second kappa shape index (κ2) is 6.57. The summed E-state index contributed by atoms with van der Waals surface area (Å²) in [5.74, 6) is 0. The number of halogens is 1. The number of hydrogen-bond donors (Lipinski definition) is 0. The quantitative estimate of drug-likeness (QED) is 0.585. The molecule has 0 aromatic heterocycles. The van der Waals surface area contributed by atoms with Gasteiger partial charge in [0.2, 0.25) is 0 Å². The molecule has 0 amide bonds. The van der Waals surface area contributed by atoms with Gasteiger partial charge in [0.15, 0.2) is 0 Å². The molecule has 5 heteroatoms. The first-order valence-corrected chi connectivity index (χ1v) is 9.03. The van der Waals surface area contributed by atoms with E-state index in [2.05, 4.69) is 15.9 Å². The highest BCUT2D eigenvalue weighted by molar-refractivity contribution is 9.09. The van der Waals surface area contributed by atoms with Gasteiger partial charge in [-0.05, 0) is 37.8 Å². The van der Waals surface area contributed by atoms with Crippen molar-refractivity contribution in [3.63, 3.8) is 0 Å². The zero-order chi connectivity index (χ0) is 13.7. The first-order valence-electron chi connectivity index (χ1n) is 6.47. The van der Waals surface area contributed by atoms with Gasteiger partial charge in [-0.1, -0.05) is 39.7 Å². The molecule has 1 aromatic rings. The number of rotatable bonds is 6. The molecule has 0 aliphatic carbocycles. The average Bonchev–Trinajstić information content (AvgIpc) is 2.90. The topological polar surface area (TPSA) is 37.4 Å². The van der Waals surface area contributed by atoms with Crippen LogP contribution >= 0.6 is 15.9 Å². The highest BCUT2D eigenvalue weighted by Crippen LogP contribution is 2.25. The van der Waals surface area contributed by atoms with Crippen LogP contribution < -0.4 is 0 Å². The highest BCUT2D eigenvalue weighted by Gasteiger charge is 2.25. The lowest BCUT2D eigenvalue weighted by atomic mass is 10.1. The standard InChI is InChI=1S/C14H18BrNO2S/c15-10-5-4-6-13-9-11-16(12-13)19(17,18)14-7-2-1-3-8-14/h1-3,7-8,12H,4-6,9-11H2. The molecule has 0 unspecified atom stereocenters. The summed E-state index contributed by atoms with van der Waals surface area (Å²) in [5.41, 5.74) is 1.24. The van der Waals surface area contributed by atoms with Crippen LogP contribution in [-0.4, -0.2) is 24.6 Å². The fourth-order valence-corrected chi connectivity index (χ4v) is 3.93. The molecule has 1 aliphatic heterocycles. The SMILES string of the molecule is O=S(=O)(c1ccccc1)N1C=C(CCCCBr)CC1. The third-order valence-electron chi connectivity index (χ3n) is 3.21. The number of nitrogens with zero attached hydrogens (tertiary/aromatic N) is 1. The molecule has 2 rings (SSSR count). The molecule has 0 atom stereocenters. The van der Waals surface area contributed by atoms with Gasteiger partial charge in [-0.15, -0.1) is 0 Å². The van der Waals surface area contributed by atoms with E-state index in [1.165, 1.54) is 9.88 Å². The Morgan fingerprint density at radius 2 is 1.89 bits per heavy atom. The van der Waals surface area contributed by atoms with Crippen LogP contribution in [0.4, 0.5) is 0 Å². The van der Waals surface area contributed by atoms with Crippen LogP contribution in [0.5, 0.6) is 0 Å². The van der Waals surface area contributed by atoms with E-state index in [1.54, 1.807) is 24.3 Å². The van der Waals surface area contributed by atoms with Gasteiger partial charge in [-0.2, -0.15) is 0 Å². The normalized spacial score (nSPS) is 15.6. The summed E-state index contributed by atoms with van der Waals surface area (Å²) in [6.45, 7) is 0.570. The van der Waals surface area contributed by atoms with Crippen LogP contribution in [0.15, 0.2) is 47.0 Å². The van der Waals surface area contributed by atoms with E-state index in [-0.39, 0.29) is 0 Å². The van der Waals surface area contributed by atoms with E-state index in [4.69, 9.17) is 0 Å². The summed E-state index contributed by atoms with van der Waals surface area (Å²) in [6.07, 6.45) is 5.90. The predicted octanol–water partition coefficient (Wildman–Crippen LogP) is 3.53. The lowest BCUT2D eigenvalue weighted by Gasteiger charge is -2.15. The minimum atomic E-state index is -3.35. The summed E-state index contributed by atoms with van der Waals surface area (Å²) < 4.78 is 26.2. The summed E-state index contributed by atoms with van der Waals surface area (Å²) in [4.78, 5) is 0.368. The van der Waals surface area contributed by atoms with Crippen LogP contribution in [0.25, 0.3) is 0 Å². The summed E-state index contributed by atoms with van der Waals surface area (Å²) in [7, 11) is -3.35. The van der Waals surface area contributed by atoms with E-state index in [0.717, 1.165) is 31.0 Å². The maximum Gasteiger partial charge on any atom is 0.263 e. The second-order valence-electron chi connectivity index (χ2n) is 4.61. The first kappa shape index (κ1) is 14.6. The van der Waals surface area contributed by atoms with Crippen molar-refractivity contribution in [2.75, 3.05) is 11.9 Å². The summed E-state index contributed by atoms with van der Waals surface area (Å²) >= 11 is 3.41. The van der Waals surface area contributed by atoms with Crippen molar-refractivity contribution in [3.8, 4) is 0 Å². The zero-order valence-corrected chi connectivity index (χ0v) is 13.2. The van der Waals surface area contributed by atoms with Gasteiger partial charge in [0.1, 0.15) is 0 Å². The first-order chi connectivity index (χ1) is 9.14. The van der Waals surface area contributed by atoms with Gasteiger partial charge in [-0.25, -0.2) is 8.42 Å². The molecule has 0 bridgehead atoms. The third kappa shape index (κ3) is 3.60. The monoisotopic (exact) mass is 343 g/mol. The number of alkyl halides is 1. The van der Waals surface area contributed by atoms with E-state index >= 15 is 0 Å². The van der Waals surface area contributed by atoms with Gasteiger partial charge in [0.05, 0.1) is 4.90 Å². The minimum Gasteiger partial charge on any atom is -0.273 e. The van der Waals surface area contributed by atoms with E-state index in [9.17, 15) is 8.42 Å². The molecule has 0 spiro atoms. The summed E-state index contributed by atoms with van der Waals surface area (Å²) in [5, 5.41) is 1.01. The molecule has 0 saturated carbocycles. The van der Waals surface area contributed by atoms with Gasteiger partial charge >= 0.3 is 0 Å². The van der Waals surface area contributed by atoms with E-state index in [1.807, 2.05) is 12.3 Å². The average molecular weight is 344 g/mol. The Hall–Kier alpha value is -0.810. The van der Waals surface area contributed by atoms with Gasteiger partial charge in [0, 0.05) is 18.1 Å². The minimum absolute atomic E-state index is 0.368. The lowest BCUT2D eigenvalue weighted by molar-refractivity contribution is 0.516. The Morgan fingerprint density at radius 1 is 1.16 bits per heavy atom. The van der Waals surface area contributed by atoms with Crippen LogP contribution in [0.3, 0.4) is 0 Å². The fourth-order valence-electron chi connectivity index (χ4n) is 2.14. The van der Waals surface area contributed by atoms with Crippen LogP contribution in [0.2, 0.25) is 0 Å². The maximum atomic E-state index is 12.4. The van der Waals surface area contributed by atoms with Crippen LogP contribution in [0, 0.1) is 0 Å². The molecule has 104 valence electrons. The number of hydrogen-bond acceptors (Lipinski definition) is 2. The van der Waals surface area contributed by atoms with E-state index < -0.39 is 10.0 Å². The molecule has 1 aliphatic rings. The Bertz CT molecular complexity index is 540. The maximum absolute atomic E-state index is 12.4. The Labute approximate surface area is 123 Å². The predicted molar refractivity (Wildman–Crippen MR) is 80.7 cm³/mol. The largest absolute Gasteiger partial charge is 0.273 e. The molecule has 0 N–H and O–H groups in total. The number of sulfonamides is 1. The van der Waals surface area contributed by atoms with Crippen molar-refractivity contribution in [2.45, 2.75) is 30.6 Å². The van der Waals surface area contributed by atoms with Crippen molar-refractivity contribution in [1.29, 1.82) is 0 Å². The summed E-state index contributed by atoms with van der Waals surface area (Å²) in [6, 6.07) is 8.62. The van der Waals surface area contributed by atoms with Crippen molar-refractivity contribution in [3.05, 3.63) is 42.1 Å². The number of unbranched alkanes of at least 4 members (excludes halogenated alkanes) is 1. The number of benzene rings is 1. The Balaban J connectivity index is 2.07. The third-order valence-corrected chi connectivity index (χ3v) is 5.55. The molecule has 3 nitrogen and oxygen atoms in total. The van der Waals surface area contributed by atoms with Crippen molar-refractivity contribution < 1.29 is 8.42 Å². The van der Waals surface area contributed by atoms with E-state index in [0.29, 0.717) is 11.4 Å². The molecule has 0 fully saturated rings. The van der Waals surface area contributed by atoms with Crippen molar-refractivity contribution in [1.82, 2.24) is 4.31 Å². The molecule has 1 aromatic carbocycles. The molecular weight excluding hydrogens is 326 g/mol. The van der Waals surface area contributed by atoms with Gasteiger partial charge < -0.3 is 0 Å². The van der Waals surface area contributed by atoms with Gasteiger partial charge in [0.25, 0.3) is 10.0 Å². The molecule has 0 radical (unpaired) electrons. The zero-order valence-electron chi connectivity index (χ0n) is 10.8. The van der Waals surface area contributed by atoms with Gasteiger partial charge in [-0.3, -0.25) is 4.31 Å². The molecular formula is C14H18BrNO2S. The Kier molecular flexibility index (Phi) is 5.05. The van der Waals surface area contributed by atoms with Crippen molar-refractivity contribution in [2.24, 2.45) is 0 Å².